The quantitative estimate of drug-likeness (QED) is 0.760. The molecule has 2 aromatic rings. The van der Waals surface area contributed by atoms with Crippen molar-refractivity contribution in [1.29, 1.82) is 5.26 Å². The average molecular weight is 208 g/mol. The number of aromatic nitrogens is 1. The summed E-state index contributed by atoms with van der Waals surface area (Å²) in [4.78, 5) is 3.96. The molecule has 0 radical (unpaired) electrons. The van der Waals surface area contributed by atoms with Gasteiger partial charge in [0, 0.05) is 6.20 Å². The van der Waals surface area contributed by atoms with Gasteiger partial charge in [-0.05, 0) is 35.2 Å². The lowest BCUT2D eigenvalue weighted by molar-refractivity contribution is 1.14. The Kier molecular flexibility index (Phi) is 2.98. The molecule has 0 aliphatic heterocycles. The maximum Gasteiger partial charge on any atom is 0.141 e. The van der Waals surface area contributed by atoms with Crippen molar-refractivity contribution < 1.29 is 0 Å². The minimum absolute atomic E-state index is 0.456. The monoisotopic (exact) mass is 208 g/mol. The van der Waals surface area contributed by atoms with Crippen molar-refractivity contribution in [3.05, 3.63) is 53.9 Å². The van der Waals surface area contributed by atoms with E-state index < -0.39 is 0 Å². The van der Waals surface area contributed by atoms with E-state index in [9.17, 15) is 0 Å². The van der Waals surface area contributed by atoms with Crippen molar-refractivity contribution in [2.75, 3.05) is 0 Å². The van der Waals surface area contributed by atoms with E-state index in [-0.39, 0.29) is 0 Å². The molecule has 2 rings (SSSR count). The molecule has 0 spiro atoms. The summed E-state index contributed by atoms with van der Waals surface area (Å²) in [7, 11) is 0. The van der Waals surface area contributed by atoms with Gasteiger partial charge in [0.25, 0.3) is 0 Å². The fourth-order valence-corrected chi connectivity index (χ4v) is 1.60. The van der Waals surface area contributed by atoms with Gasteiger partial charge in [-0.25, -0.2) is 4.98 Å². The van der Waals surface area contributed by atoms with Crippen LogP contribution < -0.4 is 0 Å². The predicted molar refractivity (Wildman–Crippen MR) is 63.8 cm³/mol. The Hall–Kier alpha value is -2.14. The van der Waals surface area contributed by atoms with E-state index >= 15 is 0 Å². The van der Waals surface area contributed by atoms with E-state index in [1.54, 1.807) is 12.3 Å². The highest BCUT2D eigenvalue weighted by Gasteiger charge is 1.99. The Balaban J connectivity index is 2.39. The zero-order valence-electron chi connectivity index (χ0n) is 9.14. The molecule has 0 saturated carbocycles. The van der Waals surface area contributed by atoms with Gasteiger partial charge in [0.1, 0.15) is 11.8 Å². The summed E-state index contributed by atoms with van der Waals surface area (Å²) in [6.07, 6.45) is 2.71. The summed E-state index contributed by atoms with van der Waals surface area (Å²) in [5, 5.41) is 8.78. The van der Waals surface area contributed by atoms with E-state index in [0.717, 1.165) is 17.5 Å². The zero-order chi connectivity index (χ0) is 11.4. The van der Waals surface area contributed by atoms with Crippen molar-refractivity contribution in [1.82, 2.24) is 4.98 Å². The van der Waals surface area contributed by atoms with E-state index in [1.165, 1.54) is 5.56 Å². The summed E-state index contributed by atoms with van der Waals surface area (Å²) in [6.45, 7) is 2.13. The average Bonchev–Trinajstić information content (AvgIpc) is 2.39. The van der Waals surface area contributed by atoms with Crippen molar-refractivity contribution >= 4 is 0 Å². The van der Waals surface area contributed by atoms with Gasteiger partial charge in [-0.1, -0.05) is 31.2 Å². The molecule has 0 amide bonds. The van der Waals surface area contributed by atoms with Crippen LogP contribution in [0, 0.1) is 11.3 Å². The Morgan fingerprint density at radius 3 is 2.50 bits per heavy atom. The molecule has 0 aliphatic rings. The van der Waals surface area contributed by atoms with Crippen LogP contribution in [-0.4, -0.2) is 4.98 Å². The Bertz CT molecular complexity index is 521. The normalized spacial score (nSPS) is 9.75. The number of benzene rings is 1. The van der Waals surface area contributed by atoms with Crippen LogP contribution in [0.1, 0.15) is 18.2 Å². The number of pyridine rings is 1. The molecular weight excluding hydrogens is 196 g/mol. The minimum Gasteiger partial charge on any atom is -0.246 e. The summed E-state index contributed by atoms with van der Waals surface area (Å²) < 4.78 is 0. The van der Waals surface area contributed by atoms with E-state index in [4.69, 9.17) is 5.26 Å². The fourth-order valence-electron chi connectivity index (χ4n) is 1.60. The topological polar surface area (TPSA) is 36.7 Å². The molecular formula is C14H12N2. The van der Waals surface area contributed by atoms with Crippen LogP contribution in [-0.2, 0) is 6.42 Å². The third-order valence-corrected chi connectivity index (χ3v) is 2.57. The van der Waals surface area contributed by atoms with E-state index in [0.29, 0.717) is 5.69 Å². The van der Waals surface area contributed by atoms with Crippen LogP contribution in [0.15, 0.2) is 42.6 Å². The fraction of sp³-hybridized carbons (Fsp3) is 0.143. The second kappa shape index (κ2) is 4.59. The highest BCUT2D eigenvalue weighted by Crippen LogP contribution is 2.19. The van der Waals surface area contributed by atoms with Crippen LogP contribution in [0.5, 0.6) is 0 Å². The summed E-state index contributed by atoms with van der Waals surface area (Å²) >= 11 is 0. The van der Waals surface area contributed by atoms with Gasteiger partial charge in [0.05, 0.1) is 0 Å². The predicted octanol–water partition coefficient (Wildman–Crippen LogP) is 3.18. The third-order valence-electron chi connectivity index (χ3n) is 2.57. The molecule has 0 fully saturated rings. The molecule has 1 heterocycles. The smallest absolute Gasteiger partial charge is 0.141 e. The second-order valence-corrected chi connectivity index (χ2v) is 3.59. The third kappa shape index (κ3) is 2.09. The van der Waals surface area contributed by atoms with Gasteiger partial charge in [-0.2, -0.15) is 5.26 Å². The van der Waals surface area contributed by atoms with Crippen LogP contribution in [0.3, 0.4) is 0 Å². The molecule has 1 aromatic carbocycles. The number of hydrogen-bond donors (Lipinski definition) is 0. The first kappa shape index (κ1) is 10.4. The molecule has 2 nitrogen and oxygen atoms in total. The number of rotatable bonds is 2. The van der Waals surface area contributed by atoms with Crippen molar-refractivity contribution in [2.24, 2.45) is 0 Å². The lowest BCUT2D eigenvalue weighted by Gasteiger charge is -2.02. The molecule has 0 aliphatic carbocycles. The number of hydrogen-bond acceptors (Lipinski definition) is 2. The summed E-state index contributed by atoms with van der Waals surface area (Å²) in [6, 6.07) is 14.2. The maximum absolute atomic E-state index is 8.78. The lowest BCUT2D eigenvalue weighted by atomic mass is 10.0. The van der Waals surface area contributed by atoms with Gasteiger partial charge in [0.2, 0.25) is 0 Å². The Labute approximate surface area is 95.2 Å². The first-order valence-corrected chi connectivity index (χ1v) is 5.29. The highest BCUT2D eigenvalue weighted by atomic mass is 14.7. The molecule has 16 heavy (non-hydrogen) atoms. The van der Waals surface area contributed by atoms with Crippen LogP contribution >= 0.6 is 0 Å². The molecule has 0 N–H and O–H groups in total. The highest BCUT2D eigenvalue weighted by molar-refractivity contribution is 5.64. The van der Waals surface area contributed by atoms with Gasteiger partial charge < -0.3 is 0 Å². The zero-order valence-corrected chi connectivity index (χ0v) is 9.14. The van der Waals surface area contributed by atoms with Crippen molar-refractivity contribution in [3.63, 3.8) is 0 Å². The summed E-state index contributed by atoms with van der Waals surface area (Å²) in [5.74, 6) is 0. The first-order valence-electron chi connectivity index (χ1n) is 5.29. The number of nitrogens with zero attached hydrogens (tertiary/aromatic N) is 2. The number of aryl methyl sites for hydroxylation is 1. The number of nitriles is 1. The van der Waals surface area contributed by atoms with Gasteiger partial charge in [-0.3, -0.25) is 0 Å². The van der Waals surface area contributed by atoms with Crippen molar-refractivity contribution in [3.8, 4) is 17.2 Å². The van der Waals surface area contributed by atoms with Crippen LogP contribution in [0.4, 0.5) is 0 Å². The summed E-state index contributed by atoms with van der Waals surface area (Å²) in [5.41, 5.74) is 3.93. The second-order valence-electron chi connectivity index (χ2n) is 3.59. The van der Waals surface area contributed by atoms with Gasteiger partial charge in [0.15, 0.2) is 0 Å². The van der Waals surface area contributed by atoms with Gasteiger partial charge in [-0.15, -0.1) is 0 Å². The van der Waals surface area contributed by atoms with Gasteiger partial charge >= 0.3 is 0 Å². The molecule has 78 valence electrons. The molecule has 2 heteroatoms. The van der Waals surface area contributed by atoms with Crippen LogP contribution in [0.2, 0.25) is 0 Å². The Morgan fingerprint density at radius 1 is 1.12 bits per heavy atom. The van der Waals surface area contributed by atoms with E-state index in [2.05, 4.69) is 36.2 Å². The van der Waals surface area contributed by atoms with Crippen molar-refractivity contribution in [2.45, 2.75) is 13.3 Å². The molecule has 0 unspecified atom stereocenters. The molecule has 0 bridgehead atoms. The minimum atomic E-state index is 0.456. The standard InChI is InChI=1S/C14H12N2/c1-2-11-3-5-12(6-4-11)13-7-8-16-14(9-13)10-15/h3-9H,2H2,1H3. The largest absolute Gasteiger partial charge is 0.246 e. The molecule has 0 atom stereocenters. The van der Waals surface area contributed by atoms with E-state index in [1.807, 2.05) is 12.1 Å². The lowest BCUT2D eigenvalue weighted by Crippen LogP contribution is -1.85. The SMILES string of the molecule is CCc1ccc(-c2ccnc(C#N)c2)cc1. The maximum atomic E-state index is 8.78. The van der Waals surface area contributed by atoms with Crippen LogP contribution in [0.25, 0.3) is 11.1 Å². The Morgan fingerprint density at radius 2 is 1.88 bits per heavy atom. The molecule has 1 aromatic heterocycles. The first-order chi connectivity index (χ1) is 7.83. The molecule has 0 saturated heterocycles.